The molecule has 0 amide bonds. The predicted molar refractivity (Wildman–Crippen MR) is 56.0 cm³/mol. The third-order valence-electron chi connectivity index (χ3n) is 1.90. The molecule has 0 fully saturated rings. The fraction of sp³-hybridized carbons (Fsp3) is 0.273. The fourth-order valence-electron chi connectivity index (χ4n) is 1.02. The van der Waals surface area contributed by atoms with Gasteiger partial charge in [0.2, 0.25) is 0 Å². The van der Waals surface area contributed by atoms with Crippen molar-refractivity contribution in [2.75, 3.05) is 5.73 Å². The predicted octanol–water partition coefficient (Wildman–Crippen LogP) is 1.38. The van der Waals surface area contributed by atoms with E-state index in [9.17, 15) is 0 Å². The molecule has 0 saturated carbocycles. The summed E-state index contributed by atoms with van der Waals surface area (Å²) in [5.74, 6) is 2.60. The molecule has 0 radical (unpaired) electrons. The number of nitrogens with one attached hydrogen (secondary N) is 1. The largest absolute Gasteiger partial charge is 0.398 e. The van der Waals surface area contributed by atoms with Crippen LogP contribution in [0.3, 0.4) is 0 Å². The van der Waals surface area contributed by atoms with Crippen molar-refractivity contribution < 1.29 is 0 Å². The first-order valence-electron chi connectivity index (χ1n) is 4.27. The maximum atomic E-state index is 5.76. The molecule has 2 heteroatoms. The third-order valence-corrected chi connectivity index (χ3v) is 1.90. The second-order valence-corrected chi connectivity index (χ2v) is 2.97. The maximum Gasteiger partial charge on any atom is 0.0660 e. The molecule has 0 heterocycles. The average molecular weight is 174 g/mol. The lowest BCUT2D eigenvalue weighted by Gasteiger charge is -2.09. The van der Waals surface area contributed by atoms with Gasteiger partial charge in [-0.3, -0.25) is 5.32 Å². The van der Waals surface area contributed by atoms with Gasteiger partial charge in [-0.15, -0.1) is 6.42 Å². The lowest BCUT2D eigenvalue weighted by Crippen LogP contribution is -2.23. The Morgan fingerprint density at radius 2 is 2.23 bits per heavy atom. The summed E-state index contributed by atoms with van der Waals surface area (Å²) < 4.78 is 0. The summed E-state index contributed by atoms with van der Waals surface area (Å²) in [4.78, 5) is 0. The van der Waals surface area contributed by atoms with Gasteiger partial charge in [0.1, 0.15) is 0 Å². The van der Waals surface area contributed by atoms with Gasteiger partial charge in [-0.2, -0.15) is 0 Å². The summed E-state index contributed by atoms with van der Waals surface area (Å²) in [5, 5.41) is 3.17. The molecule has 0 aromatic heterocycles. The van der Waals surface area contributed by atoms with Crippen LogP contribution >= 0.6 is 0 Å². The van der Waals surface area contributed by atoms with E-state index >= 15 is 0 Å². The SMILES string of the molecule is C#CC(C)NCc1ccccc1N. The van der Waals surface area contributed by atoms with Crippen LogP contribution < -0.4 is 11.1 Å². The number of hydrogen-bond acceptors (Lipinski definition) is 2. The zero-order valence-corrected chi connectivity index (χ0v) is 7.75. The zero-order chi connectivity index (χ0) is 9.68. The molecular formula is C11H14N2. The number of terminal acetylenes is 1. The summed E-state index contributed by atoms with van der Waals surface area (Å²) in [5.41, 5.74) is 7.65. The highest BCUT2D eigenvalue weighted by atomic mass is 14.9. The van der Waals surface area contributed by atoms with Crippen molar-refractivity contribution in [3.63, 3.8) is 0 Å². The van der Waals surface area contributed by atoms with E-state index < -0.39 is 0 Å². The van der Waals surface area contributed by atoms with Gasteiger partial charge in [-0.1, -0.05) is 24.1 Å². The van der Waals surface area contributed by atoms with E-state index in [1.165, 1.54) is 0 Å². The molecule has 68 valence electrons. The molecule has 0 bridgehead atoms. The van der Waals surface area contributed by atoms with Crippen LogP contribution in [0.25, 0.3) is 0 Å². The number of anilines is 1. The van der Waals surface area contributed by atoms with E-state index in [1.807, 2.05) is 31.2 Å². The summed E-state index contributed by atoms with van der Waals surface area (Å²) in [7, 11) is 0. The zero-order valence-electron chi connectivity index (χ0n) is 7.75. The molecule has 13 heavy (non-hydrogen) atoms. The molecule has 1 atom stereocenters. The molecule has 2 nitrogen and oxygen atoms in total. The van der Waals surface area contributed by atoms with Crippen LogP contribution in [-0.4, -0.2) is 6.04 Å². The minimum atomic E-state index is 0.0830. The summed E-state index contributed by atoms with van der Waals surface area (Å²) in [6.07, 6.45) is 5.23. The van der Waals surface area contributed by atoms with Crippen LogP contribution in [0.1, 0.15) is 12.5 Å². The lowest BCUT2D eigenvalue weighted by molar-refractivity contribution is 0.649. The van der Waals surface area contributed by atoms with Gasteiger partial charge in [0, 0.05) is 12.2 Å². The summed E-state index contributed by atoms with van der Waals surface area (Å²) >= 11 is 0. The number of para-hydroxylation sites is 1. The fourth-order valence-corrected chi connectivity index (χ4v) is 1.02. The van der Waals surface area contributed by atoms with Crippen molar-refractivity contribution in [2.24, 2.45) is 0 Å². The highest BCUT2D eigenvalue weighted by Crippen LogP contribution is 2.09. The topological polar surface area (TPSA) is 38.0 Å². The van der Waals surface area contributed by atoms with Crippen molar-refractivity contribution in [1.29, 1.82) is 0 Å². The Balaban J connectivity index is 2.56. The quantitative estimate of drug-likeness (QED) is 0.536. The van der Waals surface area contributed by atoms with Gasteiger partial charge >= 0.3 is 0 Å². The Morgan fingerprint density at radius 3 is 2.85 bits per heavy atom. The smallest absolute Gasteiger partial charge is 0.0660 e. The monoisotopic (exact) mass is 174 g/mol. The van der Waals surface area contributed by atoms with Crippen molar-refractivity contribution in [3.8, 4) is 12.3 Å². The first-order chi connectivity index (χ1) is 6.24. The minimum Gasteiger partial charge on any atom is -0.398 e. The van der Waals surface area contributed by atoms with Crippen LogP contribution in [-0.2, 0) is 6.54 Å². The Morgan fingerprint density at radius 1 is 1.54 bits per heavy atom. The van der Waals surface area contributed by atoms with Gasteiger partial charge in [-0.05, 0) is 18.6 Å². The number of benzene rings is 1. The number of hydrogen-bond donors (Lipinski definition) is 2. The van der Waals surface area contributed by atoms with E-state index in [4.69, 9.17) is 12.2 Å². The Bertz CT molecular complexity index is 312. The van der Waals surface area contributed by atoms with Crippen LogP contribution in [0.2, 0.25) is 0 Å². The second kappa shape index (κ2) is 4.54. The Labute approximate surface area is 79.1 Å². The second-order valence-electron chi connectivity index (χ2n) is 2.97. The molecule has 0 aliphatic carbocycles. The standard InChI is InChI=1S/C11H14N2/c1-3-9(2)13-8-10-6-4-5-7-11(10)12/h1,4-7,9,13H,8,12H2,2H3. The van der Waals surface area contributed by atoms with Gasteiger partial charge in [0.15, 0.2) is 0 Å². The van der Waals surface area contributed by atoms with Crippen molar-refractivity contribution in [1.82, 2.24) is 5.32 Å². The van der Waals surface area contributed by atoms with Gasteiger partial charge < -0.3 is 5.73 Å². The third kappa shape index (κ3) is 2.81. The van der Waals surface area contributed by atoms with Gasteiger partial charge in [-0.25, -0.2) is 0 Å². The average Bonchev–Trinajstić information content (AvgIpc) is 2.16. The van der Waals surface area contributed by atoms with E-state index in [-0.39, 0.29) is 6.04 Å². The molecule has 0 saturated heterocycles. The highest BCUT2D eigenvalue weighted by molar-refractivity contribution is 5.46. The first kappa shape index (κ1) is 9.63. The van der Waals surface area contributed by atoms with Gasteiger partial charge in [0.25, 0.3) is 0 Å². The summed E-state index contributed by atoms with van der Waals surface area (Å²) in [6.45, 7) is 2.66. The molecular weight excluding hydrogens is 160 g/mol. The molecule has 1 rings (SSSR count). The molecule has 0 aliphatic heterocycles. The maximum absolute atomic E-state index is 5.76. The normalized spacial score (nSPS) is 12.0. The van der Waals surface area contributed by atoms with Crippen LogP contribution in [0, 0.1) is 12.3 Å². The van der Waals surface area contributed by atoms with E-state index in [2.05, 4.69) is 11.2 Å². The molecule has 0 spiro atoms. The lowest BCUT2D eigenvalue weighted by atomic mass is 10.2. The van der Waals surface area contributed by atoms with E-state index in [0.29, 0.717) is 0 Å². The molecule has 3 N–H and O–H groups in total. The van der Waals surface area contributed by atoms with Crippen LogP contribution in [0.4, 0.5) is 5.69 Å². The van der Waals surface area contributed by atoms with Crippen molar-refractivity contribution in [2.45, 2.75) is 19.5 Å². The molecule has 1 aromatic carbocycles. The molecule has 1 unspecified atom stereocenters. The van der Waals surface area contributed by atoms with E-state index in [1.54, 1.807) is 0 Å². The first-order valence-corrected chi connectivity index (χ1v) is 4.27. The molecule has 1 aromatic rings. The van der Waals surface area contributed by atoms with Crippen LogP contribution in [0.15, 0.2) is 24.3 Å². The number of rotatable bonds is 3. The summed E-state index contributed by atoms with van der Waals surface area (Å²) in [6, 6.07) is 7.85. The van der Waals surface area contributed by atoms with E-state index in [0.717, 1.165) is 17.8 Å². The number of nitrogen functional groups attached to an aromatic ring is 1. The van der Waals surface area contributed by atoms with Crippen LogP contribution in [0.5, 0.6) is 0 Å². The Hall–Kier alpha value is -1.46. The minimum absolute atomic E-state index is 0.0830. The van der Waals surface area contributed by atoms with Crippen molar-refractivity contribution >= 4 is 5.69 Å². The van der Waals surface area contributed by atoms with Crippen molar-refractivity contribution in [3.05, 3.63) is 29.8 Å². The van der Waals surface area contributed by atoms with Gasteiger partial charge in [0.05, 0.1) is 6.04 Å². The highest BCUT2D eigenvalue weighted by Gasteiger charge is 1.99. The Kier molecular flexibility index (Phi) is 3.36. The molecule has 0 aliphatic rings. The number of nitrogens with two attached hydrogens (primary N) is 1.